The van der Waals surface area contributed by atoms with E-state index in [1.165, 1.54) is 7.11 Å². The first kappa shape index (κ1) is 15.7. The molecule has 122 valence electrons. The van der Waals surface area contributed by atoms with E-state index in [1.807, 2.05) is 13.0 Å². The SMILES string of the molecule is COc1ccc(C)cc1S(=O)(=O)NCC1CN2CCN1CC2. The van der Waals surface area contributed by atoms with Gasteiger partial charge in [-0.05, 0) is 24.6 Å². The molecule has 0 amide bonds. The van der Waals surface area contributed by atoms with Crippen molar-refractivity contribution in [3.63, 3.8) is 0 Å². The molecule has 1 atom stereocenters. The molecule has 6 nitrogen and oxygen atoms in total. The lowest BCUT2D eigenvalue weighted by Crippen LogP contribution is -2.63. The summed E-state index contributed by atoms with van der Waals surface area (Å²) < 4.78 is 33.1. The Balaban J connectivity index is 1.73. The second-order valence-corrected chi connectivity index (χ2v) is 7.73. The molecule has 3 saturated heterocycles. The molecule has 0 saturated carbocycles. The van der Waals surface area contributed by atoms with Crippen molar-refractivity contribution in [2.75, 3.05) is 46.4 Å². The number of methoxy groups -OCH3 is 1. The second-order valence-electron chi connectivity index (χ2n) is 6.00. The maximum atomic E-state index is 12.6. The van der Waals surface area contributed by atoms with Crippen LogP contribution in [0.5, 0.6) is 5.75 Å². The third-order valence-corrected chi connectivity index (χ3v) is 5.95. The van der Waals surface area contributed by atoms with E-state index in [2.05, 4.69) is 14.5 Å². The first-order valence-corrected chi connectivity index (χ1v) is 9.08. The van der Waals surface area contributed by atoms with E-state index in [0.717, 1.165) is 38.3 Å². The first-order valence-electron chi connectivity index (χ1n) is 7.60. The zero-order valence-corrected chi connectivity index (χ0v) is 13.9. The lowest BCUT2D eigenvalue weighted by molar-refractivity contribution is 0.0158. The molecule has 3 fully saturated rings. The van der Waals surface area contributed by atoms with Crippen LogP contribution in [0.15, 0.2) is 23.1 Å². The summed E-state index contributed by atoms with van der Waals surface area (Å²) in [6.07, 6.45) is 0. The molecule has 3 aliphatic heterocycles. The molecule has 22 heavy (non-hydrogen) atoms. The Morgan fingerprint density at radius 1 is 1.27 bits per heavy atom. The van der Waals surface area contributed by atoms with E-state index in [0.29, 0.717) is 12.3 Å². The summed E-state index contributed by atoms with van der Waals surface area (Å²) >= 11 is 0. The Kier molecular flexibility index (Phi) is 4.40. The van der Waals surface area contributed by atoms with Gasteiger partial charge in [0.1, 0.15) is 10.6 Å². The topological polar surface area (TPSA) is 61.9 Å². The van der Waals surface area contributed by atoms with Crippen molar-refractivity contribution >= 4 is 10.0 Å². The molecule has 3 aliphatic rings. The predicted octanol–water partition coefficient (Wildman–Crippen LogP) is 0.282. The van der Waals surface area contributed by atoms with Gasteiger partial charge in [-0.3, -0.25) is 9.80 Å². The number of piperazine rings is 3. The quantitative estimate of drug-likeness (QED) is 0.843. The Bertz CT molecular complexity index is 639. The van der Waals surface area contributed by atoms with Gasteiger partial charge in [-0.2, -0.15) is 0 Å². The van der Waals surface area contributed by atoms with Gasteiger partial charge in [-0.25, -0.2) is 13.1 Å². The van der Waals surface area contributed by atoms with Gasteiger partial charge in [-0.15, -0.1) is 0 Å². The van der Waals surface area contributed by atoms with E-state index in [1.54, 1.807) is 12.1 Å². The fraction of sp³-hybridized carbons (Fsp3) is 0.600. The molecular weight excluding hydrogens is 302 g/mol. The van der Waals surface area contributed by atoms with Gasteiger partial charge in [0.15, 0.2) is 0 Å². The van der Waals surface area contributed by atoms with Crippen LogP contribution >= 0.6 is 0 Å². The van der Waals surface area contributed by atoms with E-state index in [4.69, 9.17) is 4.74 Å². The zero-order valence-electron chi connectivity index (χ0n) is 13.1. The van der Waals surface area contributed by atoms with Crippen molar-refractivity contribution in [1.82, 2.24) is 14.5 Å². The molecule has 4 rings (SSSR count). The molecule has 1 N–H and O–H groups in total. The van der Waals surface area contributed by atoms with Crippen molar-refractivity contribution < 1.29 is 13.2 Å². The maximum absolute atomic E-state index is 12.6. The third kappa shape index (κ3) is 3.12. The third-order valence-electron chi connectivity index (χ3n) is 4.51. The molecule has 0 aliphatic carbocycles. The number of hydrogen-bond acceptors (Lipinski definition) is 5. The van der Waals surface area contributed by atoms with Gasteiger partial charge in [0, 0.05) is 45.3 Å². The summed E-state index contributed by atoms with van der Waals surface area (Å²) in [7, 11) is -2.07. The van der Waals surface area contributed by atoms with Crippen LogP contribution in [0.25, 0.3) is 0 Å². The summed E-state index contributed by atoms with van der Waals surface area (Å²) in [5.41, 5.74) is 0.896. The van der Waals surface area contributed by atoms with Crippen molar-refractivity contribution in [3.8, 4) is 5.75 Å². The van der Waals surface area contributed by atoms with Gasteiger partial charge in [0.2, 0.25) is 10.0 Å². The zero-order chi connectivity index (χ0) is 15.7. The molecular formula is C15H23N3O3S. The Morgan fingerprint density at radius 2 is 2.00 bits per heavy atom. The van der Waals surface area contributed by atoms with Crippen LogP contribution in [0.4, 0.5) is 0 Å². The van der Waals surface area contributed by atoms with Crippen LogP contribution in [0.3, 0.4) is 0 Å². The number of sulfonamides is 1. The standard InChI is InChI=1S/C15H23N3O3S/c1-12-3-4-14(21-2)15(9-12)22(19,20)16-10-13-11-17-5-7-18(13)8-6-17/h3-4,9,13,16H,5-8,10-11H2,1-2H3. The molecule has 2 bridgehead atoms. The minimum atomic E-state index is -3.56. The fourth-order valence-electron chi connectivity index (χ4n) is 3.20. The highest BCUT2D eigenvalue weighted by molar-refractivity contribution is 7.89. The fourth-order valence-corrected chi connectivity index (χ4v) is 4.52. The van der Waals surface area contributed by atoms with Crippen molar-refractivity contribution in [3.05, 3.63) is 23.8 Å². The lowest BCUT2D eigenvalue weighted by atomic mass is 10.1. The molecule has 1 aromatic carbocycles. The second kappa shape index (κ2) is 6.16. The number of hydrogen-bond donors (Lipinski definition) is 1. The number of nitrogens with one attached hydrogen (secondary N) is 1. The van der Waals surface area contributed by atoms with Crippen molar-refractivity contribution in [2.24, 2.45) is 0 Å². The van der Waals surface area contributed by atoms with E-state index in [-0.39, 0.29) is 10.9 Å². The predicted molar refractivity (Wildman–Crippen MR) is 84.7 cm³/mol. The van der Waals surface area contributed by atoms with Crippen molar-refractivity contribution in [2.45, 2.75) is 17.9 Å². The minimum Gasteiger partial charge on any atom is -0.495 e. The van der Waals surface area contributed by atoms with Crippen LogP contribution in [-0.4, -0.2) is 70.6 Å². The van der Waals surface area contributed by atoms with Crippen LogP contribution < -0.4 is 9.46 Å². The van der Waals surface area contributed by atoms with Crippen LogP contribution in [0.2, 0.25) is 0 Å². The number of nitrogens with zero attached hydrogens (tertiary/aromatic N) is 2. The van der Waals surface area contributed by atoms with Crippen molar-refractivity contribution in [1.29, 1.82) is 0 Å². The number of fused-ring (bicyclic) bond motifs is 3. The molecule has 1 unspecified atom stereocenters. The molecule has 3 heterocycles. The van der Waals surface area contributed by atoms with E-state index < -0.39 is 10.0 Å². The summed E-state index contributed by atoms with van der Waals surface area (Å²) in [5.74, 6) is 0.382. The summed E-state index contributed by atoms with van der Waals surface area (Å²) in [4.78, 5) is 4.98. The molecule has 1 aromatic rings. The van der Waals surface area contributed by atoms with Crippen LogP contribution in [0.1, 0.15) is 5.56 Å². The highest BCUT2D eigenvalue weighted by Crippen LogP contribution is 2.24. The smallest absolute Gasteiger partial charge is 0.244 e. The number of benzene rings is 1. The van der Waals surface area contributed by atoms with Gasteiger partial charge >= 0.3 is 0 Å². The maximum Gasteiger partial charge on any atom is 0.244 e. The van der Waals surface area contributed by atoms with Gasteiger partial charge in [0.25, 0.3) is 0 Å². The highest BCUT2D eigenvalue weighted by Gasteiger charge is 2.32. The van der Waals surface area contributed by atoms with Gasteiger partial charge < -0.3 is 4.74 Å². The summed E-state index contributed by atoms with van der Waals surface area (Å²) in [5, 5.41) is 0. The highest BCUT2D eigenvalue weighted by atomic mass is 32.2. The van der Waals surface area contributed by atoms with Crippen LogP contribution in [-0.2, 0) is 10.0 Å². The van der Waals surface area contributed by atoms with Crippen LogP contribution in [0, 0.1) is 6.92 Å². The largest absolute Gasteiger partial charge is 0.495 e. The average Bonchev–Trinajstić information content (AvgIpc) is 2.54. The van der Waals surface area contributed by atoms with Gasteiger partial charge in [0.05, 0.1) is 7.11 Å². The van der Waals surface area contributed by atoms with E-state index >= 15 is 0 Å². The normalized spacial score (nSPS) is 27.8. The first-order chi connectivity index (χ1) is 10.5. The average molecular weight is 325 g/mol. The Hall–Kier alpha value is -1.15. The molecule has 0 radical (unpaired) electrons. The van der Waals surface area contributed by atoms with E-state index in [9.17, 15) is 8.42 Å². The monoisotopic (exact) mass is 325 g/mol. The summed E-state index contributed by atoms with van der Waals surface area (Å²) in [6.45, 7) is 7.49. The number of ether oxygens (including phenoxy) is 1. The lowest BCUT2D eigenvalue weighted by Gasteiger charge is -2.47. The number of aryl methyl sites for hydroxylation is 1. The Morgan fingerprint density at radius 3 is 2.59 bits per heavy atom. The molecule has 0 aromatic heterocycles. The minimum absolute atomic E-state index is 0.214. The Labute approximate surface area is 132 Å². The summed E-state index contributed by atoms with van der Waals surface area (Å²) in [6, 6.07) is 5.45. The van der Waals surface area contributed by atoms with Gasteiger partial charge in [-0.1, -0.05) is 6.07 Å². The molecule has 7 heteroatoms. The molecule has 0 spiro atoms. The number of rotatable bonds is 5.